The van der Waals surface area contributed by atoms with Crippen molar-refractivity contribution in [3.05, 3.63) is 88.3 Å². The molecule has 4 heterocycles. The molecule has 0 saturated carbocycles. The topological polar surface area (TPSA) is 80.5 Å². The van der Waals surface area contributed by atoms with E-state index in [1.54, 1.807) is 24.3 Å². The van der Waals surface area contributed by atoms with Gasteiger partial charge in [-0.15, -0.1) is 0 Å². The highest BCUT2D eigenvalue weighted by atomic mass is 19.1. The fourth-order valence-corrected chi connectivity index (χ4v) is 5.99. The number of carbonyl (C=O) groups is 2. The molecule has 0 unspecified atom stereocenters. The smallest absolute Gasteiger partial charge is 0.256 e. The summed E-state index contributed by atoms with van der Waals surface area (Å²) in [6, 6.07) is 10.8. The van der Waals surface area contributed by atoms with Crippen molar-refractivity contribution >= 4 is 28.8 Å². The number of hydrogen-bond donors (Lipinski definition) is 3. The van der Waals surface area contributed by atoms with Gasteiger partial charge in [0.2, 0.25) is 0 Å². The average Bonchev–Trinajstić information content (AvgIpc) is 3.48. The Kier molecular flexibility index (Phi) is 7.87. The summed E-state index contributed by atoms with van der Waals surface area (Å²) in [7, 11) is 0. The summed E-state index contributed by atoms with van der Waals surface area (Å²) < 4.78 is 28.1. The summed E-state index contributed by atoms with van der Waals surface area (Å²) in [6.45, 7) is 4.97. The molecule has 2 amide bonds. The van der Waals surface area contributed by atoms with Crippen LogP contribution in [0.1, 0.15) is 58.6 Å². The number of benzene rings is 2. The zero-order valence-electron chi connectivity index (χ0n) is 23.1. The molecule has 0 bridgehead atoms. The summed E-state index contributed by atoms with van der Waals surface area (Å²) in [6.07, 6.45) is 7.69. The minimum atomic E-state index is -0.477. The first-order valence-corrected chi connectivity index (χ1v) is 14.5. The summed E-state index contributed by atoms with van der Waals surface area (Å²) in [4.78, 5) is 34.0. The molecule has 3 aliphatic rings. The number of amides is 2. The third kappa shape index (κ3) is 6.05. The van der Waals surface area contributed by atoms with Crippen molar-refractivity contribution < 1.29 is 18.4 Å². The number of anilines is 2. The van der Waals surface area contributed by atoms with Crippen LogP contribution in [0.25, 0.3) is 5.57 Å². The predicted octanol–water partition coefficient (Wildman–Crippen LogP) is 5.36. The van der Waals surface area contributed by atoms with Gasteiger partial charge in [-0.1, -0.05) is 24.6 Å². The molecule has 0 spiro atoms. The Hall–Kier alpha value is -3.98. The standard InChI is InChI=1S/C32H35F2N5O2/c33-22-8-6-21(7-9-22)20-35-30-19-29-25(18-27(30)34)24(31(40)37-29)11-10-23-17-26-28(36-23)5-4-14-39(32(26)41)16-15-38-12-2-1-3-13-38/h6-9,11,17-19,35-36H,1-5,10,12-16,20H2,(H,37,40). The third-order valence-corrected chi connectivity index (χ3v) is 8.27. The van der Waals surface area contributed by atoms with Gasteiger partial charge in [0.1, 0.15) is 11.6 Å². The van der Waals surface area contributed by atoms with Crippen LogP contribution >= 0.6 is 0 Å². The number of rotatable bonds is 8. The lowest BCUT2D eigenvalue weighted by atomic mass is 10.0. The molecule has 7 nitrogen and oxygen atoms in total. The molecule has 1 fully saturated rings. The Morgan fingerprint density at radius 1 is 0.902 bits per heavy atom. The number of fused-ring (bicyclic) bond motifs is 2. The van der Waals surface area contributed by atoms with Crippen molar-refractivity contribution in [1.82, 2.24) is 14.8 Å². The number of nitrogens with zero attached hydrogens (tertiary/aromatic N) is 2. The molecule has 214 valence electrons. The lowest BCUT2D eigenvalue weighted by Gasteiger charge is -2.29. The maximum atomic E-state index is 15.0. The van der Waals surface area contributed by atoms with E-state index in [9.17, 15) is 18.4 Å². The number of aryl methyl sites for hydroxylation is 1. The predicted molar refractivity (Wildman–Crippen MR) is 156 cm³/mol. The van der Waals surface area contributed by atoms with Crippen LogP contribution < -0.4 is 10.6 Å². The Morgan fingerprint density at radius 2 is 1.71 bits per heavy atom. The average molecular weight is 560 g/mol. The molecular weight excluding hydrogens is 524 g/mol. The highest BCUT2D eigenvalue weighted by Gasteiger charge is 2.27. The Balaban J connectivity index is 1.13. The van der Waals surface area contributed by atoms with Crippen LogP contribution in [0.15, 0.2) is 48.5 Å². The monoisotopic (exact) mass is 559 g/mol. The fourth-order valence-electron chi connectivity index (χ4n) is 5.99. The van der Waals surface area contributed by atoms with Crippen LogP contribution in [-0.2, 0) is 24.2 Å². The van der Waals surface area contributed by atoms with Crippen molar-refractivity contribution in [2.75, 3.05) is 43.4 Å². The van der Waals surface area contributed by atoms with E-state index in [0.29, 0.717) is 35.4 Å². The molecule has 6 rings (SSSR count). The van der Waals surface area contributed by atoms with E-state index in [2.05, 4.69) is 20.5 Å². The first-order chi connectivity index (χ1) is 19.9. The second-order valence-electron chi connectivity index (χ2n) is 11.1. The van der Waals surface area contributed by atoms with Crippen molar-refractivity contribution in [3.8, 4) is 0 Å². The number of nitrogens with one attached hydrogen (secondary N) is 3. The quantitative estimate of drug-likeness (QED) is 0.325. The van der Waals surface area contributed by atoms with E-state index in [-0.39, 0.29) is 23.3 Å². The Labute approximate surface area is 238 Å². The summed E-state index contributed by atoms with van der Waals surface area (Å²) in [5.74, 6) is -1.03. The highest BCUT2D eigenvalue weighted by Crippen LogP contribution is 2.36. The number of allylic oxidation sites excluding steroid dienone is 1. The number of likely N-dealkylation sites (tertiary alicyclic amines) is 1. The van der Waals surface area contributed by atoms with Crippen molar-refractivity contribution in [3.63, 3.8) is 0 Å². The molecule has 1 aromatic heterocycles. The molecule has 0 atom stereocenters. The first-order valence-electron chi connectivity index (χ1n) is 14.5. The molecule has 41 heavy (non-hydrogen) atoms. The van der Waals surface area contributed by atoms with Crippen molar-refractivity contribution in [2.24, 2.45) is 0 Å². The number of hydrogen-bond acceptors (Lipinski definition) is 4. The zero-order chi connectivity index (χ0) is 28.3. The van der Waals surface area contributed by atoms with Gasteiger partial charge < -0.3 is 25.4 Å². The molecule has 2 aromatic carbocycles. The molecule has 3 N–H and O–H groups in total. The second kappa shape index (κ2) is 11.9. The second-order valence-corrected chi connectivity index (χ2v) is 11.1. The van der Waals surface area contributed by atoms with Gasteiger partial charge in [0.15, 0.2) is 0 Å². The number of aromatic amines is 1. The molecular formula is C32H35F2N5O2. The third-order valence-electron chi connectivity index (χ3n) is 8.27. The summed E-state index contributed by atoms with van der Waals surface area (Å²) >= 11 is 0. The molecule has 1 saturated heterocycles. The van der Waals surface area contributed by atoms with E-state index in [0.717, 1.165) is 62.5 Å². The van der Waals surface area contributed by atoms with E-state index in [1.165, 1.54) is 37.5 Å². The summed E-state index contributed by atoms with van der Waals surface area (Å²) in [5.41, 5.74) is 5.03. The molecule has 3 aromatic rings. The van der Waals surface area contributed by atoms with Gasteiger partial charge in [0, 0.05) is 55.1 Å². The van der Waals surface area contributed by atoms with Gasteiger partial charge in [-0.05, 0) is 74.7 Å². The van der Waals surface area contributed by atoms with Gasteiger partial charge in [-0.3, -0.25) is 9.59 Å². The SMILES string of the molecule is O=C1Nc2cc(NCc3ccc(F)cc3)c(F)cc2C1=CCc1cc2c([nH]1)CCCN(CCN1CCCCC1)C2=O. The molecule has 9 heteroatoms. The molecule has 0 radical (unpaired) electrons. The molecule has 3 aliphatic heterocycles. The van der Waals surface area contributed by atoms with Gasteiger partial charge in [0.25, 0.3) is 11.8 Å². The minimum Gasteiger partial charge on any atom is -0.379 e. The number of H-pyrrole nitrogens is 1. The van der Waals surface area contributed by atoms with Crippen molar-refractivity contribution in [2.45, 2.75) is 45.1 Å². The normalized spacial score (nSPS) is 18.3. The largest absolute Gasteiger partial charge is 0.379 e. The number of carbonyl (C=O) groups excluding carboxylic acids is 2. The van der Waals surface area contributed by atoms with Crippen LogP contribution in [0.2, 0.25) is 0 Å². The molecule has 0 aliphatic carbocycles. The number of piperidine rings is 1. The van der Waals surface area contributed by atoms with Gasteiger partial charge in [-0.2, -0.15) is 0 Å². The lowest BCUT2D eigenvalue weighted by molar-refractivity contribution is -0.110. The minimum absolute atomic E-state index is 0.0661. The van der Waals surface area contributed by atoms with E-state index in [4.69, 9.17) is 0 Å². The Bertz CT molecular complexity index is 1470. The van der Waals surface area contributed by atoms with Crippen LogP contribution in [0, 0.1) is 11.6 Å². The van der Waals surface area contributed by atoms with E-state index in [1.807, 2.05) is 11.0 Å². The van der Waals surface area contributed by atoms with Crippen LogP contribution in [-0.4, -0.2) is 59.3 Å². The van der Waals surface area contributed by atoms with Crippen LogP contribution in [0.3, 0.4) is 0 Å². The summed E-state index contributed by atoms with van der Waals surface area (Å²) in [5, 5.41) is 5.85. The Morgan fingerprint density at radius 3 is 2.51 bits per heavy atom. The maximum absolute atomic E-state index is 15.0. The van der Waals surface area contributed by atoms with Crippen molar-refractivity contribution in [1.29, 1.82) is 0 Å². The first kappa shape index (κ1) is 27.2. The van der Waals surface area contributed by atoms with Gasteiger partial charge in [-0.25, -0.2) is 8.78 Å². The van der Waals surface area contributed by atoms with Gasteiger partial charge >= 0.3 is 0 Å². The highest BCUT2D eigenvalue weighted by molar-refractivity contribution is 6.31. The maximum Gasteiger partial charge on any atom is 0.256 e. The zero-order valence-corrected chi connectivity index (χ0v) is 23.1. The number of aromatic nitrogens is 1. The van der Waals surface area contributed by atoms with E-state index >= 15 is 0 Å². The van der Waals surface area contributed by atoms with E-state index < -0.39 is 5.82 Å². The fraction of sp³-hybridized carbons (Fsp3) is 0.375. The lowest BCUT2D eigenvalue weighted by Crippen LogP contribution is -2.40. The van der Waals surface area contributed by atoms with Crippen LogP contribution in [0.5, 0.6) is 0 Å². The van der Waals surface area contributed by atoms with Crippen LogP contribution in [0.4, 0.5) is 20.2 Å². The van der Waals surface area contributed by atoms with Gasteiger partial charge in [0.05, 0.1) is 16.9 Å². The number of halogens is 2.